The van der Waals surface area contributed by atoms with Gasteiger partial charge in [0.2, 0.25) is 5.91 Å². The smallest absolute Gasteiger partial charge is 0.220 e. The Balaban J connectivity index is 2.09. The van der Waals surface area contributed by atoms with E-state index in [9.17, 15) is 4.79 Å². The number of carbonyl (C=O) groups is 1. The molecular formula is C9H15NO. The lowest BCUT2D eigenvalue weighted by Gasteiger charge is -2.30. The Morgan fingerprint density at radius 1 is 1.45 bits per heavy atom. The first-order chi connectivity index (χ1) is 5.27. The summed E-state index contributed by atoms with van der Waals surface area (Å²) in [6.45, 7) is 2.25. The van der Waals surface area contributed by atoms with E-state index in [-0.39, 0.29) is 5.91 Å². The molecule has 0 aromatic carbocycles. The predicted octanol–water partition coefficient (Wildman–Crippen LogP) is 1.31. The number of nitrogens with one attached hydrogen (secondary N) is 1. The lowest BCUT2D eigenvalue weighted by atomic mass is 9.79. The molecule has 1 saturated heterocycles. The second-order valence-corrected chi connectivity index (χ2v) is 3.97. The van der Waals surface area contributed by atoms with Gasteiger partial charge >= 0.3 is 0 Å². The summed E-state index contributed by atoms with van der Waals surface area (Å²) in [7, 11) is 0. The molecule has 1 aliphatic carbocycles. The second-order valence-electron chi connectivity index (χ2n) is 3.97. The fraction of sp³-hybridized carbons (Fsp3) is 0.889. The van der Waals surface area contributed by atoms with Crippen molar-refractivity contribution in [1.29, 1.82) is 0 Å². The van der Waals surface area contributed by atoms with Gasteiger partial charge in [0.15, 0.2) is 0 Å². The predicted molar refractivity (Wildman–Crippen MR) is 43.1 cm³/mol. The molecule has 0 bridgehead atoms. The number of rotatable bonds is 0. The van der Waals surface area contributed by atoms with Gasteiger partial charge in [-0.15, -0.1) is 0 Å². The van der Waals surface area contributed by atoms with E-state index in [2.05, 4.69) is 12.2 Å². The van der Waals surface area contributed by atoms with Crippen molar-refractivity contribution in [1.82, 2.24) is 5.32 Å². The highest BCUT2D eigenvalue weighted by Gasteiger charge is 2.37. The molecule has 2 aliphatic rings. The van der Waals surface area contributed by atoms with Crippen molar-refractivity contribution in [3.05, 3.63) is 0 Å². The van der Waals surface area contributed by atoms with Gasteiger partial charge in [0.05, 0.1) is 0 Å². The number of hydrogen-bond donors (Lipinski definition) is 1. The molecule has 11 heavy (non-hydrogen) atoms. The molecule has 1 saturated carbocycles. The highest BCUT2D eigenvalue weighted by atomic mass is 16.2. The minimum atomic E-state index is 0.272. The lowest BCUT2D eigenvalue weighted by molar-refractivity contribution is -0.119. The van der Waals surface area contributed by atoms with E-state index in [0.29, 0.717) is 17.9 Å². The molecule has 1 aliphatic heterocycles. The third-order valence-electron chi connectivity index (χ3n) is 3.13. The van der Waals surface area contributed by atoms with Crippen molar-refractivity contribution in [2.24, 2.45) is 11.8 Å². The van der Waals surface area contributed by atoms with Gasteiger partial charge in [-0.2, -0.15) is 0 Å². The second kappa shape index (κ2) is 2.50. The Labute approximate surface area is 67.4 Å². The van der Waals surface area contributed by atoms with E-state index < -0.39 is 0 Å². The monoisotopic (exact) mass is 153 g/mol. The van der Waals surface area contributed by atoms with Gasteiger partial charge in [-0.1, -0.05) is 13.3 Å². The number of carbonyl (C=O) groups excluding carboxylic acids is 1. The fourth-order valence-electron chi connectivity index (χ4n) is 2.50. The van der Waals surface area contributed by atoms with E-state index in [1.807, 2.05) is 0 Å². The zero-order chi connectivity index (χ0) is 7.84. The topological polar surface area (TPSA) is 29.1 Å². The Morgan fingerprint density at radius 3 is 3.00 bits per heavy atom. The van der Waals surface area contributed by atoms with E-state index in [0.717, 1.165) is 6.42 Å². The molecule has 0 aromatic rings. The Bertz CT molecular complexity index is 178. The molecule has 2 nitrogen and oxygen atoms in total. The first-order valence-corrected chi connectivity index (χ1v) is 4.57. The number of amides is 1. The normalized spacial score (nSPS) is 43.4. The van der Waals surface area contributed by atoms with Crippen molar-refractivity contribution in [2.45, 2.75) is 38.6 Å². The molecule has 0 radical (unpaired) electrons. The summed E-state index contributed by atoms with van der Waals surface area (Å²) in [6.07, 6.45) is 4.65. The van der Waals surface area contributed by atoms with Crippen LogP contribution in [0.15, 0.2) is 0 Å². The summed E-state index contributed by atoms with van der Waals surface area (Å²) < 4.78 is 0. The maximum Gasteiger partial charge on any atom is 0.220 e. The SMILES string of the molecule is C[C@H]1CCC[C@@H]2CC(=O)N[C@H]21. The highest BCUT2D eigenvalue weighted by molar-refractivity contribution is 5.79. The first-order valence-electron chi connectivity index (χ1n) is 4.57. The van der Waals surface area contributed by atoms with Gasteiger partial charge in [0.1, 0.15) is 0 Å². The van der Waals surface area contributed by atoms with Gasteiger partial charge < -0.3 is 5.32 Å². The molecule has 0 aromatic heterocycles. The molecular weight excluding hydrogens is 138 g/mol. The quantitative estimate of drug-likeness (QED) is 0.558. The minimum Gasteiger partial charge on any atom is -0.353 e. The van der Waals surface area contributed by atoms with Crippen LogP contribution < -0.4 is 5.32 Å². The van der Waals surface area contributed by atoms with Crippen LogP contribution in [0.1, 0.15) is 32.6 Å². The largest absolute Gasteiger partial charge is 0.353 e. The number of hydrogen-bond acceptors (Lipinski definition) is 1. The zero-order valence-corrected chi connectivity index (χ0v) is 6.97. The molecule has 0 unspecified atom stereocenters. The number of fused-ring (bicyclic) bond motifs is 1. The molecule has 1 amide bonds. The summed E-state index contributed by atoms with van der Waals surface area (Å²) in [4.78, 5) is 11.0. The summed E-state index contributed by atoms with van der Waals surface area (Å²) >= 11 is 0. The van der Waals surface area contributed by atoms with Crippen LogP contribution in [-0.4, -0.2) is 11.9 Å². The summed E-state index contributed by atoms with van der Waals surface area (Å²) in [5.74, 6) is 1.64. The maximum absolute atomic E-state index is 11.0. The summed E-state index contributed by atoms with van der Waals surface area (Å²) in [6, 6.07) is 0.510. The molecule has 3 atom stereocenters. The molecule has 62 valence electrons. The third-order valence-corrected chi connectivity index (χ3v) is 3.13. The molecule has 2 heteroatoms. The average Bonchev–Trinajstić information content (AvgIpc) is 2.31. The van der Waals surface area contributed by atoms with Gasteiger partial charge in [-0.25, -0.2) is 0 Å². The summed E-state index contributed by atoms with van der Waals surface area (Å²) in [5, 5.41) is 3.07. The molecule has 1 heterocycles. The highest BCUT2D eigenvalue weighted by Crippen LogP contribution is 2.34. The van der Waals surface area contributed by atoms with Crippen molar-refractivity contribution < 1.29 is 4.79 Å². The third kappa shape index (κ3) is 1.15. The Kier molecular flexibility index (Phi) is 1.63. The lowest BCUT2D eigenvalue weighted by Crippen LogP contribution is -2.37. The van der Waals surface area contributed by atoms with E-state index in [4.69, 9.17) is 0 Å². The van der Waals surface area contributed by atoms with Crippen LogP contribution in [0.2, 0.25) is 0 Å². The van der Waals surface area contributed by atoms with Crippen LogP contribution in [0.3, 0.4) is 0 Å². The van der Waals surface area contributed by atoms with Crippen LogP contribution in [0.25, 0.3) is 0 Å². The van der Waals surface area contributed by atoms with Gasteiger partial charge in [-0.05, 0) is 24.7 Å². The van der Waals surface area contributed by atoms with Crippen molar-refractivity contribution in [2.75, 3.05) is 0 Å². The van der Waals surface area contributed by atoms with Crippen LogP contribution in [0.5, 0.6) is 0 Å². The molecule has 1 N–H and O–H groups in total. The fourth-order valence-corrected chi connectivity index (χ4v) is 2.50. The standard InChI is InChI=1S/C9H15NO/c1-6-3-2-4-7-5-8(11)10-9(6)7/h6-7,9H,2-5H2,1H3,(H,10,11)/t6-,7+,9-/m0/s1. The molecule has 2 fully saturated rings. The van der Waals surface area contributed by atoms with E-state index in [1.165, 1.54) is 19.3 Å². The first kappa shape index (κ1) is 7.14. The Hall–Kier alpha value is -0.530. The van der Waals surface area contributed by atoms with Crippen molar-refractivity contribution in [3.63, 3.8) is 0 Å². The maximum atomic E-state index is 11.0. The minimum absolute atomic E-state index is 0.272. The van der Waals surface area contributed by atoms with E-state index >= 15 is 0 Å². The molecule has 2 rings (SSSR count). The van der Waals surface area contributed by atoms with Crippen LogP contribution in [0.4, 0.5) is 0 Å². The molecule has 0 spiro atoms. The van der Waals surface area contributed by atoms with Gasteiger partial charge in [0.25, 0.3) is 0 Å². The zero-order valence-electron chi connectivity index (χ0n) is 6.97. The van der Waals surface area contributed by atoms with E-state index in [1.54, 1.807) is 0 Å². The van der Waals surface area contributed by atoms with Crippen LogP contribution >= 0.6 is 0 Å². The van der Waals surface area contributed by atoms with Gasteiger partial charge in [-0.3, -0.25) is 4.79 Å². The van der Waals surface area contributed by atoms with Crippen LogP contribution in [0, 0.1) is 11.8 Å². The van der Waals surface area contributed by atoms with Crippen molar-refractivity contribution >= 4 is 5.91 Å². The average molecular weight is 153 g/mol. The Morgan fingerprint density at radius 2 is 2.27 bits per heavy atom. The summed E-state index contributed by atoms with van der Waals surface area (Å²) in [5.41, 5.74) is 0. The van der Waals surface area contributed by atoms with Crippen LogP contribution in [-0.2, 0) is 4.79 Å². The van der Waals surface area contributed by atoms with Gasteiger partial charge in [0, 0.05) is 12.5 Å². The van der Waals surface area contributed by atoms with Crippen molar-refractivity contribution in [3.8, 4) is 0 Å².